The molecule has 17 nitrogen and oxygen atoms in total. The number of likely N-dealkylation sites (tertiary alicyclic amines) is 3. The van der Waals surface area contributed by atoms with Crippen molar-refractivity contribution in [1.82, 2.24) is 20.0 Å². The average Bonchev–Trinajstić information content (AvgIpc) is 3.27. The number of benzene rings is 4. The van der Waals surface area contributed by atoms with Crippen LogP contribution in [0.2, 0.25) is 0 Å². The molecule has 4 fully saturated rings. The number of nitrogens with one attached hydrogen (secondary N) is 3. The molecule has 4 aromatic rings. The first kappa shape index (κ1) is 61.2. The molecule has 4 unspecified atom stereocenters. The predicted molar refractivity (Wildman–Crippen MR) is 288 cm³/mol. The fraction of sp³-hybridized carbons (Fsp3) is 0.473. The summed E-state index contributed by atoms with van der Waals surface area (Å²) in [6.07, 6.45) is -2.59. The highest BCUT2D eigenvalue weighted by atomic mass is 79.9. The summed E-state index contributed by atoms with van der Waals surface area (Å²) in [5, 5.41) is 31.9. The van der Waals surface area contributed by atoms with Gasteiger partial charge in [-0.1, -0.05) is 56.1 Å². The Balaban J connectivity index is 0.000000205. The molecule has 23 heteroatoms. The summed E-state index contributed by atoms with van der Waals surface area (Å²) in [6.45, 7) is 17.8. The van der Waals surface area contributed by atoms with Gasteiger partial charge in [0, 0.05) is 108 Å². The van der Waals surface area contributed by atoms with E-state index >= 15 is 0 Å². The fourth-order valence-corrected chi connectivity index (χ4v) is 10.3. The number of hydrogen-bond donors (Lipinski definition) is 5. The molecule has 0 aliphatic carbocycles. The quantitative estimate of drug-likeness (QED) is 0.0560. The van der Waals surface area contributed by atoms with Crippen LogP contribution in [0.5, 0.6) is 0 Å². The fourth-order valence-electron chi connectivity index (χ4n) is 9.76. The zero-order valence-corrected chi connectivity index (χ0v) is 47.9. The Hall–Kier alpha value is -6.01. The summed E-state index contributed by atoms with van der Waals surface area (Å²) >= 11 is 6.82. The number of carbonyl (C=O) groups is 5. The molecule has 8 rings (SSSR count). The number of ether oxygens (including phenoxy) is 4. The number of amides is 5. The molecular formula is C55H66Br2F4N6O11. The van der Waals surface area contributed by atoms with E-state index in [-0.39, 0.29) is 49.4 Å². The number of halogens is 6. The van der Waals surface area contributed by atoms with Crippen molar-refractivity contribution in [3.05, 3.63) is 128 Å². The monoisotopic (exact) mass is 1220 g/mol. The number of piperidine rings is 4. The maximum absolute atomic E-state index is 13.6. The van der Waals surface area contributed by atoms with Crippen LogP contribution in [0.4, 0.5) is 52.9 Å². The highest BCUT2D eigenvalue weighted by Crippen LogP contribution is 2.47. The Bertz CT molecular complexity index is 2720. The maximum atomic E-state index is 13.6. The normalized spacial score (nSPS) is 22.8. The molecule has 5 amide bonds. The molecule has 0 saturated carbocycles. The van der Waals surface area contributed by atoms with E-state index in [9.17, 15) is 51.7 Å². The van der Waals surface area contributed by atoms with Gasteiger partial charge in [-0.15, -0.1) is 0 Å². The summed E-state index contributed by atoms with van der Waals surface area (Å²) in [4.78, 5) is 65.2. The van der Waals surface area contributed by atoms with E-state index in [1.54, 1.807) is 72.1 Å². The van der Waals surface area contributed by atoms with Crippen molar-refractivity contribution < 1.29 is 70.7 Å². The lowest BCUT2D eigenvalue weighted by atomic mass is 9.66. The largest absolute Gasteiger partial charge is 0.519 e. The number of hydrogen-bond acceptors (Lipinski definition) is 12. The smallest absolute Gasteiger partial charge is 0.444 e. The number of nitrogens with zero attached hydrogens (tertiary/aromatic N) is 3. The molecule has 78 heavy (non-hydrogen) atoms. The van der Waals surface area contributed by atoms with Crippen LogP contribution in [0.25, 0.3) is 0 Å². The van der Waals surface area contributed by atoms with Crippen molar-refractivity contribution >= 4 is 73.7 Å². The molecule has 4 heterocycles. The van der Waals surface area contributed by atoms with Crippen molar-refractivity contribution in [3.63, 3.8) is 0 Å². The van der Waals surface area contributed by atoms with Crippen LogP contribution in [-0.4, -0.2) is 125 Å². The van der Waals surface area contributed by atoms with E-state index in [0.717, 1.165) is 50.9 Å². The van der Waals surface area contributed by atoms with Gasteiger partial charge in [0.2, 0.25) is 0 Å². The Morgan fingerprint density at radius 2 is 0.821 bits per heavy atom. The van der Waals surface area contributed by atoms with E-state index in [1.165, 1.54) is 4.90 Å². The van der Waals surface area contributed by atoms with Gasteiger partial charge in [0.1, 0.15) is 51.3 Å². The lowest BCUT2D eigenvalue weighted by Crippen LogP contribution is -2.67. The van der Waals surface area contributed by atoms with E-state index in [0.29, 0.717) is 31.7 Å². The number of rotatable bonds is 4. The molecule has 4 aliphatic rings. The molecule has 4 aliphatic heterocycles. The van der Waals surface area contributed by atoms with Gasteiger partial charge in [-0.25, -0.2) is 41.5 Å². The van der Waals surface area contributed by atoms with Crippen molar-refractivity contribution in [2.24, 2.45) is 23.7 Å². The minimum atomic E-state index is -1.28. The van der Waals surface area contributed by atoms with Crippen LogP contribution < -0.4 is 16.0 Å². The topological polar surface area (TPSA) is 209 Å². The molecule has 4 saturated heterocycles. The predicted octanol–water partition coefficient (Wildman–Crippen LogP) is 11.1. The lowest BCUT2D eigenvalue weighted by Gasteiger charge is -2.55. The molecule has 424 valence electrons. The molecule has 4 bridgehead atoms. The van der Waals surface area contributed by atoms with Gasteiger partial charge < -0.3 is 59.8 Å². The first-order valence-corrected chi connectivity index (χ1v) is 26.6. The number of anilines is 2. The van der Waals surface area contributed by atoms with Crippen LogP contribution in [0, 0.1) is 46.9 Å². The van der Waals surface area contributed by atoms with E-state index < -0.39 is 93.6 Å². The van der Waals surface area contributed by atoms with Crippen molar-refractivity contribution in [2.45, 2.75) is 90.3 Å². The third-order valence-electron chi connectivity index (χ3n) is 12.9. The number of carbonyl (C=O) groups excluding carboxylic acids is 5. The van der Waals surface area contributed by atoms with Crippen LogP contribution in [0.3, 0.4) is 0 Å². The van der Waals surface area contributed by atoms with Gasteiger partial charge in [-0.3, -0.25) is 0 Å². The standard InChI is InChI=1S/C25H28BrF2N3O4.C20H20BrF2N3O2.C10H18O5/c1-24(2,3)35-23(33)31-13-16-11-30(22(32)29-21-9-19(27)8-20(28)10-21)12-17(14-31)25(16,34)15-4-6-18(26)7-5-15;21-15-3-1-12(2-4-15)20(28)13-8-24-9-14(20)11-26(10-13)19(27)25-18-6-16(22)5-17(23)7-18;1-9(2,3)14-7(11)13-8(12)15-10(4,5)6/h4-10,16-17,34H,11-14H2,1-3H3,(H,29,32);1-7,13-14,24,28H,8-11H2,(H,25,27);1-6H3. The number of fused-ring (bicyclic) bond motifs is 4. The highest BCUT2D eigenvalue weighted by Gasteiger charge is 2.56. The summed E-state index contributed by atoms with van der Waals surface area (Å²) in [7, 11) is 0. The zero-order valence-electron chi connectivity index (χ0n) is 44.7. The van der Waals surface area contributed by atoms with Crippen LogP contribution in [-0.2, 0) is 30.1 Å². The second-order valence-corrected chi connectivity index (χ2v) is 24.3. The Morgan fingerprint density at radius 1 is 0.513 bits per heavy atom. The zero-order chi connectivity index (χ0) is 57.7. The van der Waals surface area contributed by atoms with Crippen LogP contribution in [0.15, 0.2) is 93.9 Å². The Labute approximate surface area is 467 Å². The van der Waals surface area contributed by atoms with Crippen molar-refractivity contribution in [3.8, 4) is 0 Å². The molecule has 5 N–H and O–H groups in total. The van der Waals surface area contributed by atoms with Crippen molar-refractivity contribution in [2.75, 3.05) is 63.0 Å². The summed E-state index contributed by atoms with van der Waals surface area (Å²) in [6, 6.07) is 19.7. The highest BCUT2D eigenvalue weighted by molar-refractivity contribution is 9.10. The van der Waals surface area contributed by atoms with Crippen molar-refractivity contribution in [1.29, 1.82) is 0 Å². The lowest BCUT2D eigenvalue weighted by molar-refractivity contribution is -0.154. The average molecular weight is 1220 g/mol. The summed E-state index contributed by atoms with van der Waals surface area (Å²) in [5.74, 6) is -4.52. The maximum Gasteiger partial charge on any atom is 0.519 e. The minimum Gasteiger partial charge on any atom is -0.444 e. The second-order valence-electron chi connectivity index (χ2n) is 22.5. The van der Waals surface area contributed by atoms with Crippen LogP contribution >= 0.6 is 31.9 Å². The summed E-state index contributed by atoms with van der Waals surface area (Å²) < 4.78 is 75.0. The van der Waals surface area contributed by atoms with Crippen LogP contribution in [0.1, 0.15) is 73.4 Å². The molecular weight excluding hydrogens is 1160 g/mol. The second kappa shape index (κ2) is 24.6. The molecule has 4 atom stereocenters. The van der Waals surface area contributed by atoms with Gasteiger partial charge in [0.15, 0.2) is 0 Å². The third kappa shape index (κ3) is 16.3. The number of aliphatic hydroxyl groups is 2. The van der Waals surface area contributed by atoms with Gasteiger partial charge in [-0.2, -0.15) is 0 Å². The van der Waals surface area contributed by atoms with E-state index in [1.807, 2.05) is 48.5 Å². The SMILES string of the molecule is CC(C)(C)OC(=O)N1CC2CN(C(=O)Nc3cc(F)cc(F)c3)CC(C1)C2(O)c1ccc(Br)cc1.CC(C)(C)OC(=O)OC(=O)OC(C)(C)C.O=C(Nc1cc(F)cc(F)c1)N1CC2CNCC(C1)C2(O)c1ccc(Br)cc1. The molecule has 0 radical (unpaired) electrons. The Kier molecular flexibility index (Phi) is 19.3. The Morgan fingerprint density at radius 3 is 1.15 bits per heavy atom. The van der Waals surface area contributed by atoms with Gasteiger partial charge >= 0.3 is 30.5 Å². The number of urea groups is 2. The first-order chi connectivity index (χ1) is 36.2. The van der Waals surface area contributed by atoms with Gasteiger partial charge in [0.25, 0.3) is 0 Å². The molecule has 4 aromatic carbocycles. The summed E-state index contributed by atoms with van der Waals surface area (Å²) in [5.41, 5.74) is -2.77. The van der Waals surface area contributed by atoms with E-state index in [4.69, 9.17) is 14.2 Å². The van der Waals surface area contributed by atoms with E-state index in [2.05, 4.69) is 52.5 Å². The van der Waals surface area contributed by atoms with Gasteiger partial charge in [0.05, 0.1) is 0 Å². The third-order valence-corrected chi connectivity index (χ3v) is 14.0. The minimum absolute atomic E-state index is 0.00165. The molecule has 0 spiro atoms. The first-order valence-electron chi connectivity index (χ1n) is 25.0. The van der Waals surface area contributed by atoms with Gasteiger partial charge in [-0.05, 0) is 122 Å². The molecule has 0 aromatic heterocycles.